The van der Waals surface area contributed by atoms with Gasteiger partial charge in [0.1, 0.15) is 8.80 Å². The largest absolute Gasteiger partial charge is 0.353 e. The van der Waals surface area contributed by atoms with Gasteiger partial charge in [0.05, 0.1) is 5.45 Å². The third kappa shape index (κ3) is 1.93. The highest BCUT2D eigenvalue weighted by Crippen LogP contribution is 2.25. The third-order valence-corrected chi connectivity index (χ3v) is 5.96. The lowest BCUT2D eigenvalue weighted by molar-refractivity contribution is 0.744. The number of nitrogens with zero attached hydrogens (tertiary/aromatic N) is 1. The number of rotatable bonds is 1. The summed E-state index contributed by atoms with van der Waals surface area (Å²) in [4.78, 5) is 7.48. The van der Waals surface area contributed by atoms with Crippen LogP contribution in [0.3, 0.4) is 0 Å². The van der Waals surface area contributed by atoms with E-state index in [4.69, 9.17) is 0 Å². The van der Waals surface area contributed by atoms with Crippen LogP contribution in [0, 0.1) is 0 Å². The molecule has 2 nitrogen and oxygen atoms in total. The summed E-state index contributed by atoms with van der Waals surface area (Å²) in [7, 11) is -0.867. The van der Waals surface area contributed by atoms with Gasteiger partial charge in [-0.25, -0.2) is 4.98 Å². The lowest BCUT2D eigenvalue weighted by Crippen LogP contribution is -2.38. The van der Waals surface area contributed by atoms with Crippen LogP contribution in [0.25, 0.3) is 0 Å². The molecule has 0 spiro atoms. The van der Waals surface area contributed by atoms with Crippen LogP contribution in [0.4, 0.5) is 0 Å². The van der Waals surface area contributed by atoms with Crippen LogP contribution < -0.4 is 5.45 Å². The standard InChI is InChI=1S/C8H16N2Si/c1-8(2,3)11(4)7-9-5-6-10-7/h5-6,11H,1-4H3,(H,9,10). The minimum Gasteiger partial charge on any atom is -0.353 e. The Morgan fingerprint density at radius 1 is 1.45 bits per heavy atom. The Kier molecular flexibility index (Phi) is 2.18. The molecule has 0 aliphatic rings. The first-order valence-corrected chi connectivity index (χ1v) is 6.32. The predicted octanol–water partition coefficient (Wildman–Crippen LogP) is 1.27. The van der Waals surface area contributed by atoms with Crippen molar-refractivity contribution in [2.45, 2.75) is 32.4 Å². The van der Waals surface area contributed by atoms with Gasteiger partial charge in [-0.3, -0.25) is 0 Å². The van der Waals surface area contributed by atoms with Gasteiger partial charge in [-0.05, 0) is 5.04 Å². The Balaban J connectivity index is 2.78. The normalized spacial score (nSPS) is 14.9. The number of H-pyrrole nitrogens is 1. The van der Waals surface area contributed by atoms with E-state index < -0.39 is 8.80 Å². The Bertz CT molecular complexity index is 210. The highest BCUT2D eigenvalue weighted by Gasteiger charge is 2.24. The van der Waals surface area contributed by atoms with Gasteiger partial charge >= 0.3 is 0 Å². The molecule has 1 unspecified atom stereocenters. The molecule has 1 atom stereocenters. The molecular weight excluding hydrogens is 152 g/mol. The molecule has 0 fully saturated rings. The number of aromatic nitrogens is 2. The molecule has 0 amide bonds. The SMILES string of the molecule is C[SiH](c1ncc[nH]1)C(C)(C)C. The van der Waals surface area contributed by atoms with Crippen LogP contribution in [-0.2, 0) is 0 Å². The van der Waals surface area contributed by atoms with Gasteiger partial charge < -0.3 is 4.98 Å². The first kappa shape index (κ1) is 8.52. The molecule has 0 saturated heterocycles. The van der Waals surface area contributed by atoms with Gasteiger partial charge in [0.2, 0.25) is 0 Å². The van der Waals surface area contributed by atoms with Crippen molar-refractivity contribution < 1.29 is 0 Å². The zero-order chi connectivity index (χ0) is 8.48. The molecular formula is C8H16N2Si. The van der Waals surface area contributed by atoms with Gasteiger partial charge in [-0.15, -0.1) is 0 Å². The second kappa shape index (κ2) is 2.81. The second-order valence-electron chi connectivity index (χ2n) is 4.06. The average molecular weight is 168 g/mol. The summed E-state index contributed by atoms with van der Waals surface area (Å²) in [5, 5.41) is 0.428. The van der Waals surface area contributed by atoms with Crippen LogP contribution in [0.15, 0.2) is 12.4 Å². The summed E-state index contributed by atoms with van der Waals surface area (Å²) in [5.74, 6) is 0. The molecule has 0 aromatic carbocycles. The van der Waals surface area contributed by atoms with E-state index in [1.807, 2.05) is 12.4 Å². The van der Waals surface area contributed by atoms with Crippen molar-refractivity contribution >= 4 is 14.2 Å². The van der Waals surface area contributed by atoms with E-state index in [1.54, 1.807) is 0 Å². The van der Waals surface area contributed by atoms with Gasteiger partial charge in [-0.1, -0.05) is 27.3 Å². The average Bonchev–Trinajstić information content (AvgIpc) is 2.34. The molecule has 11 heavy (non-hydrogen) atoms. The Morgan fingerprint density at radius 3 is 2.45 bits per heavy atom. The number of hydrogen-bond donors (Lipinski definition) is 1. The minimum atomic E-state index is -0.867. The fraction of sp³-hybridized carbons (Fsp3) is 0.625. The second-order valence-corrected chi connectivity index (χ2v) is 7.78. The van der Waals surface area contributed by atoms with E-state index in [9.17, 15) is 0 Å². The lowest BCUT2D eigenvalue weighted by atomic mass is 10.2. The fourth-order valence-corrected chi connectivity index (χ4v) is 2.40. The molecule has 0 saturated carbocycles. The minimum absolute atomic E-state index is 0.428. The summed E-state index contributed by atoms with van der Waals surface area (Å²) in [6.45, 7) is 9.18. The highest BCUT2D eigenvalue weighted by molar-refractivity contribution is 6.73. The molecule has 1 rings (SSSR count). The van der Waals surface area contributed by atoms with Crippen molar-refractivity contribution in [3.05, 3.63) is 12.4 Å². The summed E-state index contributed by atoms with van der Waals surface area (Å²) in [6.07, 6.45) is 3.75. The summed E-state index contributed by atoms with van der Waals surface area (Å²) in [5.41, 5.74) is 1.22. The van der Waals surface area contributed by atoms with Crippen molar-refractivity contribution in [2.24, 2.45) is 0 Å². The van der Waals surface area contributed by atoms with Crippen LogP contribution in [-0.4, -0.2) is 18.8 Å². The maximum Gasteiger partial charge on any atom is 0.118 e. The number of aromatic amines is 1. The van der Waals surface area contributed by atoms with Crippen LogP contribution in [0.2, 0.25) is 11.6 Å². The highest BCUT2D eigenvalue weighted by atomic mass is 28.3. The quantitative estimate of drug-likeness (QED) is 0.629. The summed E-state index contributed by atoms with van der Waals surface area (Å²) in [6, 6.07) is 0. The van der Waals surface area contributed by atoms with Gasteiger partial charge in [0.25, 0.3) is 0 Å². The number of nitrogens with one attached hydrogen (secondary N) is 1. The van der Waals surface area contributed by atoms with Gasteiger partial charge in [0.15, 0.2) is 0 Å². The molecule has 62 valence electrons. The predicted molar refractivity (Wildman–Crippen MR) is 50.9 cm³/mol. The molecule has 1 aromatic rings. The monoisotopic (exact) mass is 168 g/mol. The topological polar surface area (TPSA) is 28.7 Å². The zero-order valence-electron chi connectivity index (χ0n) is 7.68. The maximum absolute atomic E-state index is 4.29. The van der Waals surface area contributed by atoms with E-state index in [-0.39, 0.29) is 0 Å². The fourth-order valence-electron chi connectivity index (χ4n) is 0.924. The van der Waals surface area contributed by atoms with E-state index >= 15 is 0 Å². The van der Waals surface area contributed by atoms with E-state index in [1.165, 1.54) is 5.45 Å². The first-order chi connectivity index (χ1) is 5.02. The molecule has 0 radical (unpaired) electrons. The van der Waals surface area contributed by atoms with Crippen LogP contribution in [0.5, 0.6) is 0 Å². The molecule has 0 aliphatic carbocycles. The van der Waals surface area contributed by atoms with Crippen molar-refractivity contribution in [3.8, 4) is 0 Å². The summed E-state index contributed by atoms with van der Waals surface area (Å²) >= 11 is 0. The van der Waals surface area contributed by atoms with E-state index in [0.717, 1.165) is 0 Å². The third-order valence-electron chi connectivity index (χ3n) is 2.23. The van der Waals surface area contributed by atoms with Crippen LogP contribution >= 0.6 is 0 Å². The van der Waals surface area contributed by atoms with E-state index in [0.29, 0.717) is 5.04 Å². The van der Waals surface area contributed by atoms with E-state index in [2.05, 4.69) is 37.3 Å². The van der Waals surface area contributed by atoms with Crippen molar-refractivity contribution in [1.82, 2.24) is 9.97 Å². The molecule has 1 aromatic heterocycles. The molecule has 0 bridgehead atoms. The lowest BCUT2D eigenvalue weighted by Gasteiger charge is -2.23. The van der Waals surface area contributed by atoms with Crippen molar-refractivity contribution in [2.75, 3.05) is 0 Å². The molecule has 3 heteroatoms. The van der Waals surface area contributed by atoms with Crippen LogP contribution in [0.1, 0.15) is 20.8 Å². The van der Waals surface area contributed by atoms with Crippen molar-refractivity contribution in [1.29, 1.82) is 0 Å². The Morgan fingerprint density at radius 2 is 2.09 bits per heavy atom. The van der Waals surface area contributed by atoms with Gasteiger partial charge in [-0.2, -0.15) is 0 Å². The van der Waals surface area contributed by atoms with Gasteiger partial charge in [0, 0.05) is 12.4 Å². The summed E-state index contributed by atoms with van der Waals surface area (Å²) < 4.78 is 0. The van der Waals surface area contributed by atoms with Crippen molar-refractivity contribution in [3.63, 3.8) is 0 Å². The Hall–Kier alpha value is -0.573. The first-order valence-electron chi connectivity index (χ1n) is 4.01. The number of hydrogen-bond acceptors (Lipinski definition) is 1. The smallest absolute Gasteiger partial charge is 0.118 e. The molecule has 1 heterocycles. The molecule has 1 N–H and O–H groups in total. The maximum atomic E-state index is 4.29. The zero-order valence-corrected chi connectivity index (χ0v) is 8.83. The number of imidazole rings is 1. The molecule has 0 aliphatic heterocycles. The Labute approximate surface area is 69.7 Å².